The molecule has 18 heavy (non-hydrogen) atoms. The number of ether oxygens (including phenoxy) is 2. The Morgan fingerprint density at radius 2 is 2.06 bits per heavy atom. The van der Waals surface area contributed by atoms with Crippen molar-refractivity contribution >= 4 is 12.6 Å². The summed E-state index contributed by atoms with van der Waals surface area (Å²) in [5, 5.41) is 17.9. The van der Waals surface area contributed by atoms with Crippen molar-refractivity contribution in [2.24, 2.45) is 0 Å². The maximum Gasteiger partial charge on any atom is 0.488 e. The lowest BCUT2D eigenvalue weighted by atomic mass is 9.80. The van der Waals surface area contributed by atoms with Crippen LogP contribution in [-0.2, 0) is 4.74 Å². The van der Waals surface area contributed by atoms with Gasteiger partial charge in [-0.1, -0.05) is 12.1 Å². The molecule has 4 nitrogen and oxygen atoms in total. The molecule has 1 unspecified atom stereocenters. The predicted octanol–water partition coefficient (Wildman–Crippen LogP) is 0.704. The molecule has 98 valence electrons. The number of benzene rings is 1. The summed E-state index contributed by atoms with van der Waals surface area (Å²) in [6.45, 7) is 1.57. The minimum absolute atomic E-state index is 0.417. The van der Waals surface area contributed by atoms with Crippen molar-refractivity contribution in [3.05, 3.63) is 24.3 Å². The fraction of sp³-hybridized carbons (Fsp3) is 0.538. The van der Waals surface area contributed by atoms with Crippen LogP contribution >= 0.6 is 0 Å². The van der Waals surface area contributed by atoms with E-state index in [1.807, 2.05) is 0 Å². The van der Waals surface area contributed by atoms with Crippen molar-refractivity contribution in [1.82, 2.24) is 0 Å². The van der Waals surface area contributed by atoms with E-state index in [2.05, 4.69) is 0 Å². The molecule has 0 saturated carbocycles. The molecular weight excluding hydrogens is 231 g/mol. The van der Waals surface area contributed by atoms with Crippen LogP contribution in [0.25, 0.3) is 0 Å². The first-order valence-corrected chi connectivity index (χ1v) is 6.46. The summed E-state index contributed by atoms with van der Waals surface area (Å²) in [5.41, 5.74) is 0.474. The van der Waals surface area contributed by atoms with Gasteiger partial charge in [0.2, 0.25) is 0 Å². The molecule has 1 aliphatic heterocycles. The first-order chi connectivity index (χ1) is 8.75. The van der Waals surface area contributed by atoms with E-state index in [0.29, 0.717) is 18.2 Å². The summed E-state index contributed by atoms with van der Waals surface area (Å²) in [6, 6.07) is 6.81. The molecule has 0 amide bonds. The van der Waals surface area contributed by atoms with Gasteiger partial charge >= 0.3 is 7.12 Å². The van der Waals surface area contributed by atoms with Crippen molar-refractivity contribution in [3.8, 4) is 5.75 Å². The SMILES string of the molecule is OB(O)c1ccc(OCCCC2CCCO2)cc1. The summed E-state index contributed by atoms with van der Waals surface area (Å²) in [5.74, 6) is 0.756. The minimum Gasteiger partial charge on any atom is -0.494 e. The molecule has 0 bridgehead atoms. The summed E-state index contributed by atoms with van der Waals surface area (Å²) < 4.78 is 11.1. The van der Waals surface area contributed by atoms with E-state index in [9.17, 15) is 0 Å². The lowest BCUT2D eigenvalue weighted by Crippen LogP contribution is -2.29. The average Bonchev–Trinajstić information content (AvgIpc) is 2.88. The normalized spacial score (nSPS) is 18.9. The Morgan fingerprint density at radius 1 is 1.28 bits per heavy atom. The quantitative estimate of drug-likeness (QED) is 0.576. The van der Waals surface area contributed by atoms with E-state index in [1.54, 1.807) is 24.3 Å². The standard InChI is InChI=1S/C13H19BO4/c15-14(16)11-5-7-13(8-6-11)18-10-2-4-12-3-1-9-17-12/h5-8,12,15-16H,1-4,9-10H2. The monoisotopic (exact) mass is 250 g/mol. The second kappa shape index (κ2) is 6.78. The van der Waals surface area contributed by atoms with Gasteiger partial charge in [-0.25, -0.2) is 0 Å². The Bertz CT molecular complexity index is 347. The molecule has 0 aromatic heterocycles. The third-order valence-electron chi connectivity index (χ3n) is 3.14. The van der Waals surface area contributed by atoms with Crippen LogP contribution in [0.5, 0.6) is 5.75 Å². The van der Waals surface area contributed by atoms with Crippen LogP contribution in [0.1, 0.15) is 25.7 Å². The van der Waals surface area contributed by atoms with E-state index >= 15 is 0 Å². The molecule has 1 saturated heterocycles. The Kier molecular flexibility index (Phi) is 5.05. The zero-order valence-corrected chi connectivity index (χ0v) is 10.4. The molecule has 1 aliphatic rings. The van der Waals surface area contributed by atoms with Crippen molar-refractivity contribution < 1.29 is 19.5 Å². The summed E-state index contributed by atoms with van der Waals surface area (Å²) in [7, 11) is -1.42. The molecule has 2 N–H and O–H groups in total. The fourth-order valence-corrected chi connectivity index (χ4v) is 2.11. The van der Waals surface area contributed by atoms with Gasteiger partial charge in [-0.2, -0.15) is 0 Å². The second-order valence-electron chi connectivity index (χ2n) is 4.57. The lowest BCUT2D eigenvalue weighted by molar-refractivity contribution is 0.0981. The highest BCUT2D eigenvalue weighted by Crippen LogP contribution is 2.17. The highest BCUT2D eigenvalue weighted by Gasteiger charge is 2.14. The zero-order valence-electron chi connectivity index (χ0n) is 10.4. The van der Waals surface area contributed by atoms with Crippen molar-refractivity contribution in [2.45, 2.75) is 31.8 Å². The third kappa shape index (κ3) is 4.01. The summed E-state index contributed by atoms with van der Waals surface area (Å²) in [6.07, 6.45) is 4.79. The van der Waals surface area contributed by atoms with Gasteiger partial charge in [0.25, 0.3) is 0 Å². The van der Waals surface area contributed by atoms with Gasteiger partial charge in [0.15, 0.2) is 0 Å². The van der Waals surface area contributed by atoms with Gasteiger partial charge in [0.05, 0.1) is 12.7 Å². The zero-order chi connectivity index (χ0) is 12.8. The van der Waals surface area contributed by atoms with Crippen molar-refractivity contribution in [3.63, 3.8) is 0 Å². The van der Waals surface area contributed by atoms with Crippen molar-refractivity contribution in [1.29, 1.82) is 0 Å². The Labute approximate surface area is 108 Å². The Morgan fingerprint density at radius 3 is 2.67 bits per heavy atom. The molecular formula is C13H19BO4. The molecule has 0 aliphatic carbocycles. The van der Waals surface area contributed by atoms with Gasteiger partial charge in [-0.3, -0.25) is 0 Å². The maximum absolute atomic E-state index is 8.95. The van der Waals surface area contributed by atoms with Crippen LogP contribution in [0.4, 0.5) is 0 Å². The van der Waals surface area contributed by atoms with Crippen LogP contribution in [0.15, 0.2) is 24.3 Å². The summed E-state index contributed by atoms with van der Waals surface area (Å²) in [4.78, 5) is 0. The number of rotatable bonds is 6. The molecule has 1 heterocycles. The van der Waals surface area contributed by atoms with Gasteiger partial charge in [0, 0.05) is 6.61 Å². The topological polar surface area (TPSA) is 58.9 Å². The first kappa shape index (κ1) is 13.4. The van der Waals surface area contributed by atoms with Crippen LogP contribution in [-0.4, -0.2) is 36.5 Å². The van der Waals surface area contributed by atoms with E-state index < -0.39 is 7.12 Å². The highest BCUT2D eigenvalue weighted by atomic mass is 16.5. The Balaban J connectivity index is 1.66. The van der Waals surface area contributed by atoms with E-state index in [4.69, 9.17) is 19.5 Å². The van der Waals surface area contributed by atoms with Crippen LogP contribution in [0.3, 0.4) is 0 Å². The molecule has 1 fully saturated rings. The van der Waals surface area contributed by atoms with Gasteiger partial charge < -0.3 is 19.5 Å². The smallest absolute Gasteiger partial charge is 0.488 e. The van der Waals surface area contributed by atoms with Crippen LogP contribution in [0, 0.1) is 0 Å². The molecule has 2 rings (SSSR count). The van der Waals surface area contributed by atoms with E-state index in [0.717, 1.165) is 25.2 Å². The van der Waals surface area contributed by atoms with E-state index in [1.165, 1.54) is 12.8 Å². The average molecular weight is 250 g/mol. The molecule has 1 aromatic carbocycles. The maximum atomic E-state index is 8.95. The van der Waals surface area contributed by atoms with Gasteiger partial charge in [-0.05, 0) is 43.3 Å². The molecule has 1 aromatic rings. The van der Waals surface area contributed by atoms with Crippen LogP contribution in [0.2, 0.25) is 0 Å². The third-order valence-corrected chi connectivity index (χ3v) is 3.14. The lowest BCUT2D eigenvalue weighted by Gasteiger charge is -2.10. The van der Waals surface area contributed by atoms with E-state index in [-0.39, 0.29) is 0 Å². The molecule has 5 heteroatoms. The van der Waals surface area contributed by atoms with Crippen LogP contribution < -0.4 is 10.2 Å². The van der Waals surface area contributed by atoms with Gasteiger partial charge in [-0.15, -0.1) is 0 Å². The largest absolute Gasteiger partial charge is 0.494 e. The van der Waals surface area contributed by atoms with Gasteiger partial charge in [0.1, 0.15) is 5.75 Å². The molecule has 0 radical (unpaired) electrons. The second-order valence-corrected chi connectivity index (χ2v) is 4.57. The first-order valence-electron chi connectivity index (χ1n) is 6.46. The predicted molar refractivity (Wildman–Crippen MR) is 70.0 cm³/mol. The molecule has 1 atom stereocenters. The van der Waals surface area contributed by atoms with Crippen molar-refractivity contribution in [2.75, 3.05) is 13.2 Å². The minimum atomic E-state index is -1.42. The highest BCUT2D eigenvalue weighted by molar-refractivity contribution is 6.58. The Hall–Kier alpha value is -1.04. The molecule has 0 spiro atoms. The number of hydrogen-bond acceptors (Lipinski definition) is 4. The fourth-order valence-electron chi connectivity index (χ4n) is 2.11. The number of hydrogen-bond donors (Lipinski definition) is 2. The summed E-state index contributed by atoms with van der Waals surface area (Å²) >= 11 is 0.